The fourth-order valence-electron chi connectivity index (χ4n) is 3.49. The molecule has 1 aromatic heterocycles. The molecule has 2 aliphatic rings. The van der Waals surface area contributed by atoms with Crippen LogP contribution >= 0.6 is 0 Å². The normalized spacial score (nSPS) is 25.8. The van der Waals surface area contributed by atoms with Crippen molar-refractivity contribution in [2.75, 3.05) is 23.3 Å². The largest absolute Gasteiger partial charge is 0.370 e. The van der Waals surface area contributed by atoms with Crippen LogP contribution in [0.5, 0.6) is 0 Å². The number of carbonyl (C=O) groups excluding carboxylic acids is 1. The highest BCUT2D eigenvalue weighted by Crippen LogP contribution is 2.25. The SMILES string of the molecule is NC1CCCC(C(=O)Nc2ccc(N3CCCCC3)cn2)C1. The molecule has 0 bridgehead atoms. The minimum Gasteiger partial charge on any atom is -0.370 e. The Morgan fingerprint density at radius 3 is 2.68 bits per heavy atom. The minimum absolute atomic E-state index is 0.0346. The highest BCUT2D eigenvalue weighted by atomic mass is 16.1. The van der Waals surface area contributed by atoms with Crippen LogP contribution < -0.4 is 16.0 Å². The third-order valence-corrected chi connectivity index (χ3v) is 4.81. The second kappa shape index (κ2) is 7.09. The molecule has 3 N–H and O–H groups in total. The first-order chi connectivity index (χ1) is 10.7. The number of hydrogen-bond acceptors (Lipinski definition) is 4. The van der Waals surface area contributed by atoms with E-state index in [0.717, 1.165) is 44.5 Å². The van der Waals surface area contributed by atoms with Gasteiger partial charge in [-0.25, -0.2) is 4.98 Å². The molecule has 1 aliphatic carbocycles. The van der Waals surface area contributed by atoms with E-state index in [0.29, 0.717) is 5.82 Å². The lowest BCUT2D eigenvalue weighted by molar-refractivity contribution is -0.120. The summed E-state index contributed by atoms with van der Waals surface area (Å²) in [5.74, 6) is 0.741. The fourth-order valence-corrected chi connectivity index (χ4v) is 3.49. The number of pyridine rings is 1. The number of hydrogen-bond donors (Lipinski definition) is 2. The Kier molecular flexibility index (Phi) is 4.93. The number of nitrogens with two attached hydrogens (primary N) is 1. The molecule has 3 rings (SSSR count). The Hall–Kier alpha value is -1.62. The van der Waals surface area contributed by atoms with E-state index in [4.69, 9.17) is 5.73 Å². The molecule has 0 radical (unpaired) electrons. The topological polar surface area (TPSA) is 71.2 Å². The molecule has 1 aliphatic heterocycles. The molecule has 2 atom stereocenters. The molecule has 120 valence electrons. The van der Waals surface area contributed by atoms with Gasteiger partial charge >= 0.3 is 0 Å². The molecular weight excluding hydrogens is 276 g/mol. The second-order valence-electron chi connectivity index (χ2n) is 6.56. The Bertz CT molecular complexity index is 496. The molecule has 5 heteroatoms. The van der Waals surface area contributed by atoms with Crippen molar-refractivity contribution in [1.82, 2.24) is 4.98 Å². The molecule has 1 aromatic rings. The number of piperidine rings is 1. The van der Waals surface area contributed by atoms with Crippen LogP contribution in [0.25, 0.3) is 0 Å². The minimum atomic E-state index is 0.0346. The molecule has 1 amide bonds. The van der Waals surface area contributed by atoms with Gasteiger partial charge in [0.15, 0.2) is 0 Å². The third kappa shape index (κ3) is 3.77. The van der Waals surface area contributed by atoms with Gasteiger partial charge in [0.2, 0.25) is 5.91 Å². The fraction of sp³-hybridized carbons (Fsp3) is 0.647. The summed E-state index contributed by atoms with van der Waals surface area (Å²) in [4.78, 5) is 19.0. The third-order valence-electron chi connectivity index (χ3n) is 4.81. The smallest absolute Gasteiger partial charge is 0.228 e. The van der Waals surface area contributed by atoms with E-state index in [1.165, 1.54) is 19.3 Å². The summed E-state index contributed by atoms with van der Waals surface area (Å²) >= 11 is 0. The van der Waals surface area contributed by atoms with E-state index in [9.17, 15) is 4.79 Å². The van der Waals surface area contributed by atoms with E-state index in [1.54, 1.807) is 0 Å². The number of anilines is 2. The van der Waals surface area contributed by atoms with Crippen molar-refractivity contribution in [2.24, 2.45) is 11.7 Å². The Balaban J connectivity index is 1.57. The van der Waals surface area contributed by atoms with Gasteiger partial charge in [-0.05, 0) is 50.7 Å². The summed E-state index contributed by atoms with van der Waals surface area (Å²) in [6, 6.07) is 4.13. The summed E-state index contributed by atoms with van der Waals surface area (Å²) in [7, 11) is 0. The first kappa shape index (κ1) is 15.3. The Morgan fingerprint density at radius 2 is 2.00 bits per heavy atom. The zero-order valence-electron chi connectivity index (χ0n) is 13.1. The van der Waals surface area contributed by atoms with E-state index >= 15 is 0 Å². The van der Waals surface area contributed by atoms with E-state index in [1.807, 2.05) is 12.3 Å². The van der Waals surface area contributed by atoms with Crippen molar-refractivity contribution < 1.29 is 4.79 Å². The molecule has 5 nitrogen and oxygen atoms in total. The van der Waals surface area contributed by atoms with Gasteiger partial charge in [0.1, 0.15) is 5.82 Å². The average Bonchev–Trinajstić information content (AvgIpc) is 2.56. The maximum Gasteiger partial charge on any atom is 0.228 e. The van der Waals surface area contributed by atoms with Crippen LogP contribution in [0.4, 0.5) is 11.5 Å². The Morgan fingerprint density at radius 1 is 1.18 bits per heavy atom. The summed E-state index contributed by atoms with van der Waals surface area (Å²) in [5.41, 5.74) is 7.11. The molecular formula is C17H26N4O. The molecule has 0 spiro atoms. The van der Waals surface area contributed by atoms with Crippen molar-refractivity contribution in [1.29, 1.82) is 0 Å². The van der Waals surface area contributed by atoms with E-state index in [2.05, 4.69) is 21.3 Å². The number of nitrogens with one attached hydrogen (secondary N) is 1. The van der Waals surface area contributed by atoms with Crippen molar-refractivity contribution in [3.8, 4) is 0 Å². The van der Waals surface area contributed by atoms with Gasteiger partial charge in [-0.15, -0.1) is 0 Å². The summed E-state index contributed by atoms with van der Waals surface area (Å²) in [5, 5.41) is 2.94. The first-order valence-corrected chi connectivity index (χ1v) is 8.50. The van der Waals surface area contributed by atoms with Gasteiger partial charge in [-0.3, -0.25) is 4.79 Å². The van der Waals surface area contributed by atoms with Gasteiger partial charge in [0.25, 0.3) is 0 Å². The van der Waals surface area contributed by atoms with E-state index < -0.39 is 0 Å². The zero-order valence-corrected chi connectivity index (χ0v) is 13.1. The average molecular weight is 302 g/mol. The molecule has 22 heavy (non-hydrogen) atoms. The number of amides is 1. The van der Waals surface area contributed by atoms with Crippen LogP contribution in [-0.2, 0) is 4.79 Å². The summed E-state index contributed by atoms with van der Waals surface area (Å²) < 4.78 is 0. The molecule has 2 fully saturated rings. The highest BCUT2D eigenvalue weighted by molar-refractivity contribution is 5.91. The molecule has 1 saturated carbocycles. The van der Waals surface area contributed by atoms with Gasteiger partial charge in [-0.1, -0.05) is 6.42 Å². The van der Waals surface area contributed by atoms with Crippen molar-refractivity contribution in [3.63, 3.8) is 0 Å². The quantitative estimate of drug-likeness (QED) is 0.900. The monoisotopic (exact) mass is 302 g/mol. The maximum atomic E-state index is 12.3. The number of carbonyl (C=O) groups is 1. The number of nitrogens with zero attached hydrogens (tertiary/aromatic N) is 2. The second-order valence-corrected chi connectivity index (χ2v) is 6.56. The van der Waals surface area contributed by atoms with Gasteiger partial charge < -0.3 is 16.0 Å². The lowest BCUT2D eigenvalue weighted by Crippen LogP contribution is -2.34. The summed E-state index contributed by atoms with van der Waals surface area (Å²) in [6.45, 7) is 2.21. The first-order valence-electron chi connectivity index (χ1n) is 8.50. The van der Waals surface area contributed by atoms with Crippen LogP contribution in [0.3, 0.4) is 0 Å². The lowest BCUT2D eigenvalue weighted by Gasteiger charge is -2.28. The van der Waals surface area contributed by atoms with Crippen molar-refractivity contribution >= 4 is 17.4 Å². The van der Waals surface area contributed by atoms with Crippen LogP contribution in [-0.4, -0.2) is 30.0 Å². The standard InChI is InChI=1S/C17H26N4O/c18-14-6-4-5-13(11-14)17(22)20-16-8-7-15(12-19-16)21-9-2-1-3-10-21/h7-8,12-14H,1-6,9-11,18H2,(H,19,20,22). The maximum absolute atomic E-state index is 12.3. The van der Waals surface area contributed by atoms with Crippen LogP contribution in [0.15, 0.2) is 18.3 Å². The molecule has 2 unspecified atom stereocenters. The van der Waals surface area contributed by atoms with Crippen LogP contribution in [0.1, 0.15) is 44.9 Å². The molecule has 2 heterocycles. The predicted octanol–water partition coefficient (Wildman–Crippen LogP) is 2.53. The highest BCUT2D eigenvalue weighted by Gasteiger charge is 2.25. The van der Waals surface area contributed by atoms with Crippen LogP contribution in [0, 0.1) is 5.92 Å². The van der Waals surface area contributed by atoms with Gasteiger partial charge in [0.05, 0.1) is 11.9 Å². The van der Waals surface area contributed by atoms with Crippen LogP contribution in [0.2, 0.25) is 0 Å². The van der Waals surface area contributed by atoms with E-state index in [-0.39, 0.29) is 17.9 Å². The lowest BCUT2D eigenvalue weighted by atomic mass is 9.85. The van der Waals surface area contributed by atoms with Gasteiger partial charge in [0, 0.05) is 25.0 Å². The Labute approximate surface area is 132 Å². The number of rotatable bonds is 3. The predicted molar refractivity (Wildman–Crippen MR) is 88.9 cm³/mol. The van der Waals surface area contributed by atoms with Crippen molar-refractivity contribution in [2.45, 2.75) is 51.0 Å². The van der Waals surface area contributed by atoms with Gasteiger partial charge in [-0.2, -0.15) is 0 Å². The molecule has 1 saturated heterocycles. The molecule has 0 aromatic carbocycles. The summed E-state index contributed by atoms with van der Waals surface area (Å²) in [6.07, 6.45) is 9.49. The number of aromatic nitrogens is 1. The zero-order chi connectivity index (χ0) is 15.4. The van der Waals surface area contributed by atoms with Crippen molar-refractivity contribution in [3.05, 3.63) is 18.3 Å².